The molecule has 0 saturated heterocycles. The standard InChI is InChI=1S/C34H29O6P/c35-41(40-34-21-9-15-28-12-3-6-18-31(28)34,38-24-22-36-32-19-7-13-26-10-1-4-16-29(26)32)39-25-23-37-33-20-8-14-27-11-2-5-17-30(27)33/h1-21H,22-25H2. The molecule has 6 rings (SSSR count). The number of ether oxygens (including phenoxy) is 2. The first-order valence-corrected chi connectivity index (χ1v) is 14.9. The molecule has 41 heavy (non-hydrogen) atoms. The minimum absolute atomic E-state index is 0.00452. The zero-order chi connectivity index (χ0) is 27.9. The van der Waals surface area contributed by atoms with E-state index in [1.54, 1.807) is 6.07 Å². The molecule has 0 N–H and O–H groups in total. The highest BCUT2D eigenvalue weighted by Crippen LogP contribution is 2.50. The highest BCUT2D eigenvalue weighted by Gasteiger charge is 2.29. The summed E-state index contributed by atoms with van der Waals surface area (Å²) in [6.07, 6.45) is 0. The number of hydrogen-bond acceptors (Lipinski definition) is 6. The minimum Gasteiger partial charge on any atom is -0.491 e. The van der Waals surface area contributed by atoms with Crippen LogP contribution in [0, 0.1) is 0 Å². The fourth-order valence-electron chi connectivity index (χ4n) is 4.73. The summed E-state index contributed by atoms with van der Waals surface area (Å²) in [4.78, 5) is 0. The van der Waals surface area contributed by atoms with Crippen LogP contribution >= 0.6 is 7.82 Å². The van der Waals surface area contributed by atoms with E-state index in [2.05, 4.69) is 0 Å². The molecule has 0 radical (unpaired) electrons. The molecule has 0 aliphatic rings. The molecular weight excluding hydrogens is 535 g/mol. The Bertz CT molecular complexity index is 1730. The highest BCUT2D eigenvalue weighted by atomic mass is 31.2. The zero-order valence-electron chi connectivity index (χ0n) is 22.3. The van der Waals surface area contributed by atoms with Crippen molar-refractivity contribution in [2.24, 2.45) is 0 Å². The van der Waals surface area contributed by atoms with E-state index in [1.165, 1.54) is 0 Å². The third kappa shape index (κ3) is 6.36. The van der Waals surface area contributed by atoms with E-state index in [4.69, 9.17) is 23.0 Å². The molecule has 206 valence electrons. The summed E-state index contributed by atoms with van der Waals surface area (Å²) in [5.74, 6) is 1.86. The van der Waals surface area contributed by atoms with Crippen molar-refractivity contribution in [1.29, 1.82) is 0 Å². The van der Waals surface area contributed by atoms with Gasteiger partial charge >= 0.3 is 7.82 Å². The van der Waals surface area contributed by atoms with Crippen molar-refractivity contribution in [2.45, 2.75) is 0 Å². The van der Waals surface area contributed by atoms with Gasteiger partial charge in [0.1, 0.15) is 30.5 Å². The minimum atomic E-state index is -4.04. The predicted molar refractivity (Wildman–Crippen MR) is 163 cm³/mol. The van der Waals surface area contributed by atoms with Gasteiger partial charge in [0.15, 0.2) is 0 Å². The van der Waals surface area contributed by atoms with E-state index in [-0.39, 0.29) is 26.4 Å². The monoisotopic (exact) mass is 564 g/mol. The largest absolute Gasteiger partial charge is 0.530 e. The average Bonchev–Trinajstić information content (AvgIpc) is 3.02. The lowest BCUT2D eigenvalue weighted by molar-refractivity contribution is 0.120. The van der Waals surface area contributed by atoms with Crippen LogP contribution in [-0.4, -0.2) is 26.4 Å². The van der Waals surface area contributed by atoms with Gasteiger partial charge in [-0.15, -0.1) is 0 Å². The van der Waals surface area contributed by atoms with Crippen molar-refractivity contribution in [3.63, 3.8) is 0 Å². The fourth-order valence-corrected chi connectivity index (χ4v) is 5.91. The predicted octanol–water partition coefficient (Wildman–Crippen LogP) is 8.82. The van der Waals surface area contributed by atoms with E-state index >= 15 is 0 Å². The lowest BCUT2D eigenvalue weighted by atomic mass is 10.1. The SMILES string of the molecule is O=P(OCCOc1cccc2ccccc12)(OCCOc1cccc2ccccc12)Oc1cccc2ccccc12. The topological polar surface area (TPSA) is 63.2 Å². The van der Waals surface area contributed by atoms with Crippen molar-refractivity contribution in [2.75, 3.05) is 26.4 Å². The van der Waals surface area contributed by atoms with Crippen molar-refractivity contribution in [3.05, 3.63) is 127 Å². The summed E-state index contributed by atoms with van der Waals surface area (Å²) in [6, 6.07) is 40.9. The molecule has 7 heteroatoms. The summed E-state index contributed by atoms with van der Waals surface area (Å²) < 4.78 is 43.4. The number of phosphoric ester groups is 1. The van der Waals surface area contributed by atoms with Crippen LogP contribution in [-0.2, 0) is 13.6 Å². The molecule has 0 aliphatic heterocycles. The van der Waals surface area contributed by atoms with Crippen molar-refractivity contribution in [3.8, 4) is 17.2 Å². The molecule has 6 aromatic carbocycles. The van der Waals surface area contributed by atoms with E-state index < -0.39 is 7.82 Å². The highest BCUT2D eigenvalue weighted by molar-refractivity contribution is 7.49. The molecule has 6 nitrogen and oxygen atoms in total. The third-order valence-electron chi connectivity index (χ3n) is 6.64. The molecule has 0 atom stereocenters. The number of rotatable bonds is 12. The Labute approximate surface area is 238 Å². The fraction of sp³-hybridized carbons (Fsp3) is 0.118. The first kappa shape index (κ1) is 26.9. The van der Waals surface area contributed by atoms with Crippen LogP contribution in [0.4, 0.5) is 0 Å². The maximum absolute atomic E-state index is 13.9. The Kier molecular flexibility index (Phi) is 8.15. The lowest BCUT2D eigenvalue weighted by Gasteiger charge is -2.20. The number of fused-ring (bicyclic) bond motifs is 3. The van der Waals surface area contributed by atoms with Gasteiger partial charge in [-0.25, -0.2) is 4.57 Å². The summed E-state index contributed by atoms with van der Waals surface area (Å²) in [6.45, 7) is 0.310. The third-order valence-corrected chi connectivity index (χ3v) is 8.06. The van der Waals surface area contributed by atoms with Gasteiger partial charge < -0.3 is 14.0 Å². The van der Waals surface area contributed by atoms with Crippen LogP contribution in [0.25, 0.3) is 32.3 Å². The first-order valence-electron chi connectivity index (χ1n) is 13.5. The van der Waals surface area contributed by atoms with Crippen molar-refractivity contribution in [1.82, 2.24) is 0 Å². The molecule has 0 fully saturated rings. The number of hydrogen-bond donors (Lipinski definition) is 0. The van der Waals surface area contributed by atoms with Crippen LogP contribution in [0.15, 0.2) is 127 Å². The molecule has 0 unspecified atom stereocenters. The van der Waals surface area contributed by atoms with Gasteiger partial charge in [0, 0.05) is 16.2 Å². The lowest BCUT2D eigenvalue weighted by Crippen LogP contribution is -2.13. The molecule has 0 amide bonds. The van der Waals surface area contributed by atoms with Crippen LogP contribution in [0.5, 0.6) is 17.2 Å². The van der Waals surface area contributed by atoms with Crippen molar-refractivity contribution < 1.29 is 27.6 Å². The Balaban J connectivity index is 1.14. The van der Waals surface area contributed by atoms with Gasteiger partial charge in [0.2, 0.25) is 0 Å². The Morgan fingerprint density at radius 3 is 1.24 bits per heavy atom. The molecule has 0 aromatic heterocycles. The molecule has 0 aliphatic carbocycles. The second-order valence-corrected chi connectivity index (χ2v) is 10.9. The van der Waals surface area contributed by atoms with Gasteiger partial charge in [-0.05, 0) is 34.4 Å². The van der Waals surface area contributed by atoms with Gasteiger partial charge in [0.05, 0.1) is 13.2 Å². The molecule has 0 heterocycles. The molecule has 6 aromatic rings. The second kappa shape index (κ2) is 12.4. The van der Waals surface area contributed by atoms with Crippen LogP contribution in [0.3, 0.4) is 0 Å². The Morgan fingerprint density at radius 2 is 0.780 bits per heavy atom. The normalized spacial score (nSPS) is 11.6. The molecular formula is C34H29O6P. The second-order valence-electron chi connectivity index (χ2n) is 9.33. The summed E-state index contributed by atoms with van der Waals surface area (Å²) >= 11 is 0. The van der Waals surface area contributed by atoms with E-state index in [0.717, 1.165) is 43.8 Å². The Morgan fingerprint density at radius 1 is 0.415 bits per heavy atom. The van der Waals surface area contributed by atoms with Gasteiger partial charge in [-0.1, -0.05) is 109 Å². The summed E-state index contributed by atoms with van der Waals surface area (Å²) in [7, 11) is -4.04. The smallest absolute Gasteiger partial charge is 0.491 e. The van der Waals surface area contributed by atoms with Gasteiger partial charge in [0.25, 0.3) is 0 Å². The van der Waals surface area contributed by atoms with E-state index in [9.17, 15) is 4.57 Å². The summed E-state index contributed by atoms with van der Waals surface area (Å²) in [5.41, 5.74) is 0. The quantitative estimate of drug-likeness (QED) is 0.109. The van der Waals surface area contributed by atoms with Crippen LogP contribution in [0.2, 0.25) is 0 Å². The van der Waals surface area contributed by atoms with E-state index in [0.29, 0.717) is 5.75 Å². The summed E-state index contributed by atoms with van der Waals surface area (Å²) in [5, 5.41) is 5.89. The number of benzene rings is 6. The molecule has 0 saturated carbocycles. The molecule has 0 bridgehead atoms. The zero-order valence-corrected chi connectivity index (χ0v) is 23.2. The van der Waals surface area contributed by atoms with E-state index in [1.807, 2.05) is 121 Å². The maximum atomic E-state index is 13.9. The average molecular weight is 565 g/mol. The first-order chi connectivity index (χ1) is 20.2. The van der Waals surface area contributed by atoms with Crippen molar-refractivity contribution >= 4 is 40.1 Å². The van der Waals surface area contributed by atoms with Gasteiger partial charge in [-0.3, -0.25) is 9.05 Å². The molecule has 0 spiro atoms. The number of phosphoric acid groups is 1. The maximum Gasteiger partial charge on any atom is 0.530 e. The van der Waals surface area contributed by atoms with Crippen LogP contribution < -0.4 is 14.0 Å². The van der Waals surface area contributed by atoms with Crippen LogP contribution in [0.1, 0.15) is 0 Å². The van der Waals surface area contributed by atoms with Gasteiger partial charge in [-0.2, -0.15) is 0 Å². The Hall–Kier alpha value is -4.35.